The van der Waals surface area contributed by atoms with Gasteiger partial charge in [-0.1, -0.05) is 36.0 Å². The molecule has 0 fully saturated rings. The number of hydrogen-bond donors (Lipinski definition) is 1. The van der Waals surface area contributed by atoms with Crippen LogP contribution in [-0.2, 0) is 11.3 Å². The molecule has 1 unspecified atom stereocenters. The van der Waals surface area contributed by atoms with Gasteiger partial charge in [-0.2, -0.15) is 0 Å². The molecule has 0 radical (unpaired) electrons. The van der Waals surface area contributed by atoms with Crippen LogP contribution in [-0.4, -0.2) is 26.5 Å². The van der Waals surface area contributed by atoms with E-state index in [0.717, 1.165) is 0 Å². The molecule has 1 atom stereocenters. The van der Waals surface area contributed by atoms with Crippen molar-refractivity contribution in [1.82, 2.24) is 9.55 Å². The molecule has 0 aliphatic heterocycles. The minimum absolute atomic E-state index is 0.0779. The first-order chi connectivity index (χ1) is 15.4. The highest BCUT2D eigenvalue weighted by molar-refractivity contribution is 8.00. The van der Waals surface area contributed by atoms with Crippen LogP contribution in [0.2, 0.25) is 0 Å². The van der Waals surface area contributed by atoms with E-state index in [1.807, 2.05) is 6.07 Å². The Bertz CT molecular complexity index is 1350. The number of thioether (sulfide) groups is 1. The Kier molecular flexibility index (Phi) is 6.23. The molecule has 32 heavy (non-hydrogen) atoms. The van der Waals surface area contributed by atoms with E-state index in [2.05, 4.69) is 10.3 Å². The van der Waals surface area contributed by atoms with E-state index in [4.69, 9.17) is 4.42 Å². The summed E-state index contributed by atoms with van der Waals surface area (Å²) in [5.41, 5.74) is 1.43. The highest BCUT2D eigenvalue weighted by Crippen LogP contribution is 2.24. The molecule has 1 amide bonds. The number of Topliss-reactive ketones (excluding diaryl/α,β-unsaturated/α-hetero) is 1. The Hall–Kier alpha value is -3.65. The molecular formula is C24H21N3O4S. The fourth-order valence-electron chi connectivity index (χ4n) is 3.21. The third-order valence-electron chi connectivity index (χ3n) is 4.91. The van der Waals surface area contributed by atoms with E-state index in [-0.39, 0.29) is 23.8 Å². The van der Waals surface area contributed by atoms with Crippen molar-refractivity contribution >= 4 is 40.0 Å². The van der Waals surface area contributed by atoms with Crippen LogP contribution in [0.15, 0.2) is 81.3 Å². The molecule has 2 heterocycles. The average Bonchev–Trinajstić information content (AvgIpc) is 3.30. The Morgan fingerprint density at radius 1 is 1.12 bits per heavy atom. The summed E-state index contributed by atoms with van der Waals surface area (Å²) < 4.78 is 6.94. The number of carbonyl (C=O) groups excluding carboxylic acids is 2. The van der Waals surface area contributed by atoms with Gasteiger partial charge in [0.15, 0.2) is 10.9 Å². The van der Waals surface area contributed by atoms with Crippen molar-refractivity contribution in [3.05, 3.63) is 88.6 Å². The Balaban J connectivity index is 1.62. The fourth-order valence-corrected chi connectivity index (χ4v) is 4.11. The number of anilines is 1. The first-order valence-electron chi connectivity index (χ1n) is 10.0. The van der Waals surface area contributed by atoms with Crippen LogP contribution in [0.1, 0.15) is 30.0 Å². The van der Waals surface area contributed by atoms with Gasteiger partial charge < -0.3 is 9.73 Å². The molecule has 0 saturated heterocycles. The lowest BCUT2D eigenvalue weighted by Crippen LogP contribution is -2.27. The third-order valence-corrected chi connectivity index (χ3v) is 6.00. The summed E-state index contributed by atoms with van der Waals surface area (Å²) in [5.74, 6) is 0.276. The molecule has 0 saturated carbocycles. The van der Waals surface area contributed by atoms with E-state index in [1.165, 1.54) is 23.3 Å². The number of aromatic nitrogens is 2. The summed E-state index contributed by atoms with van der Waals surface area (Å²) in [6, 6.07) is 17.4. The van der Waals surface area contributed by atoms with Crippen molar-refractivity contribution in [2.75, 3.05) is 5.32 Å². The third kappa shape index (κ3) is 4.65. The molecule has 8 heteroatoms. The zero-order chi connectivity index (χ0) is 22.7. The maximum atomic E-state index is 13.2. The summed E-state index contributed by atoms with van der Waals surface area (Å²) >= 11 is 1.19. The lowest BCUT2D eigenvalue weighted by atomic mass is 10.1. The van der Waals surface area contributed by atoms with Gasteiger partial charge in [0.1, 0.15) is 5.76 Å². The lowest BCUT2D eigenvalue weighted by Gasteiger charge is -2.16. The first-order valence-corrected chi connectivity index (χ1v) is 10.9. The summed E-state index contributed by atoms with van der Waals surface area (Å²) in [5, 5.41) is 3.20. The molecule has 2 aromatic carbocycles. The predicted molar refractivity (Wildman–Crippen MR) is 124 cm³/mol. The van der Waals surface area contributed by atoms with Crippen LogP contribution >= 0.6 is 11.8 Å². The first kappa shape index (κ1) is 21.6. The molecule has 7 nitrogen and oxygen atoms in total. The monoisotopic (exact) mass is 447 g/mol. The smallest absolute Gasteiger partial charge is 0.262 e. The molecular weight excluding hydrogens is 426 g/mol. The van der Waals surface area contributed by atoms with Gasteiger partial charge in [0.25, 0.3) is 5.56 Å². The second-order valence-corrected chi connectivity index (χ2v) is 8.58. The van der Waals surface area contributed by atoms with Gasteiger partial charge >= 0.3 is 0 Å². The number of amides is 1. The second kappa shape index (κ2) is 9.23. The summed E-state index contributed by atoms with van der Waals surface area (Å²) in [6.07, 6.45) is 1.55. The number of carbonyl (C=O) groups is 2. The van der Waals surface area contributed by atoms with Crippen molar-refractivity contribution in [3.8, 4) is 0 Å². The van der Waals surface area contributed by atoms with E-state index in [1.54, 1.807) is 67.8 Å². The van der Waals surface area contributed by atoms with Crippen molar-refractivity contribution in [2.45, 2.75) is 30.8 Å². The van der Waals surface area contributed by atoms with Crippen molar-refractivity contribution in [3.63, 3.8) is 0 Å². The van der Waals surface area contributed by atoms with Gasteiger partial charge in [-0.15, -0.1) is 0 Å². The van der Waals surface area contributed by atoms with Gasteiger partial charge in [-0.25, -0.2) is 4.98 Å². The molecule has 0 aliphatic rings. The molecule has 162 valence electrons. The number of rotatable bonds is 7. The number of fused-ring (bicyclic) bond motifs is 1. The molecule has 0 spiro atoms. The maximum absolute atomic E-state index is 13.2. The minimum Gasteiger partial charge on any atom is -0.467 e. The van der Waals surface area contributed by atoms with E-state index in [0.29, 0.717) is 33.1 Å². The van der Waals surface area contributed by atoms with Crippen LogP contribution in [0, 0.1) is 0 Å². The Morgan fingerprint density at radius 2 is 1.94 bits per heavy atom. The summed E-state index contributed by atoms with van der Waals surface area (Å²) in [7, 11) is 0. The zero-order valence-corrected chi connectivity index (χ0v) is 18.4. The van der Waals surface area contributed by atoms with Crippen LogP contribution < -0.4 is 10.9 Å². The average molecular weight is 448 g/mol. The largest absolute Gasteiger partial charge is 0.467 e. The van der Waals surface area contributed by atoms with Gasteiger partial charge in [0.05, 0.1) is 29.0 Å². The van der Waals surface area contributed by atoms with Crippen LogP contribution in [0.25, 0.3) is 10.9 Å². The normalized spacial score (nSPS) is 11.9. The topological polar surface area (TPSA) is 94.2 Å². The molecule has 1 N–H and O–H groups in total. The maximum Gasteiger partial charge on any atom is 0.262 e. The van der Waals surface area contributed by atoms with Crippen LogP contribution in [0.3, 0.4) is 0 Å². The number of benzene rings is 2. The second-order valence-electron chi connectivity index (χ2n) is 7.27. The number of para-hydroxylation sites is 1. The zero-order valence-electron chi connectivity index (χ0n) is 17.6. The fraction of sp³-hybridized carbons (Fsp3) is 0.167. The number of nitrogens with zero attached hydrogens (tertiary/aromatic N) is 2. The van der Waals surface area contributed by atoms with Crippen molar-refractivity contribution in [1.29, 1.82) is 0 Å². The van der Waals surface area contributed by atoms with E-state index in [9.17, 15) is 14.4 Å². The van der Waals surface area contributed by atoms with Gasteiger partial charge in [-0.3, -0.25) is 19.0 Å². The molecule has 0 aliphatic carbocycles. The quantitative estimate of drug-likeness (QED) is 0.257. The Labute approximate surface area is 188 Å². The summed E-state index contributed by atoms with van der Waals surface area (Å²) in [4.78, 5) is 42.2. The van der Waals surface area contributed by atoms with Crippen molar-refractivity contribution in [2.24, 2.45) is 0 Å². The number of furan rings is 1. The molecule has 4 rings (SSSR count). The van der Waals surface area contributed by atoms with E-state index < -0.39 is 5.25 Å². The van der Waals surface area contributed by atoms with Crippen molar-refractivity contribution < 1.29 is 14.0 Å². The minimum atomic E-state index is -0.549. The lowest BCUT2D eigenvalue weighted by molar-refractivity contribution is -0.115. The molecule has 4 aromatic rings. The van der Waals surface area contributed by atoms with E-state index >= 15 is 0 Å². The highest BCUT2D eigenvalue weighted by Gasteiger charge is 2.20. The van der Waals surface area contributed by atoms with Crippen LogP contribution in [0.5, 0.6) is 0 Å². The Morgan fingerprint density at radius 3 is 2.69 bits per heavy atom. The number of ketones is 1. The van der Waals surface area contributed by atoms with Gasteiger partial charge in [0.2, 0.25) is 5.91 Å². The highest BCUT2D eigenvalue weighted by atomic mass is 32.2. The number of nitrogens with one attached hydrogen (secondary N) is 1. The van der Waals surface area contributed by atoms with Gasteiger partial charge in [-0.05, 0) is 50.2 Å². The number of hydrogen-bond acceptors (Lipinski definition) is 6. The summed E-state index contributed by atoms with van der Waals surface area (Å²) in [6.45, 7) is 3.43. The van der Waals surface area contributed by atoms with Crippen LogP contribution in [0.4, 0.5) is 5.69 Å². The predicted octanol–water partition coefficient (Wildman–Crippen LogP) is 4.36. The van der Waals surface area contributed by atoms with Gasteiger partial charge in [0, 0.05) is 11.3 Å². The SMILES string of the molecule is CC(=O)c1cccc(NC(=O)C(C)Sc2nc3ccccc3c(=O)n2Cc2ccco2)c1. The molecule has 0 bridgehead atoms. The molecule has 2 aromatic heterocycles. The standard InChI is InChI=1S/C24H21N3O4S/c1-15(28)17-7-5-8-18(13-17)25-22(29)16(2)32-24-26-21-11-4-3-10-20(21)23(30)27(24)14-19-9-6-12-31-19/h3-13,16H,14H2,1-2H3,(H,25,29).